The van der Waals surface area contributed by atoms with E-state index in [1.807, 2.05) is 51.1 Å². The van der Waals surface area contributed by atoms with Crippen LogP contribution < -0.4 is 5.32 Å². The van der Waals surface area contributed by atoms with Crippen molar-refractivity contribution in [3.8, 4) is 0 Å². The summed E-state index contributed by atoms with van der Waals surface area (Å²) in [5.74, 6) is 0.0184. The first-order chi connectivity index (χ1) is 12.5. The minimum absolute atomic E-state index is 0.164. The first kappa shape index (κ1) is 18.1. The van der Waals surface area contributed by atoms with E-state index < -0.39 is 0 Å². The fraction of sp³-hybridized carbons (Fsp3) is 0.350. The number of rotatable bonds is 6. The Hall–Kier alpha value is -2.73. The van der Waals surface area contributed by atoms with E-state index in [9.17, 15) is 4.79 Å². The van der Waals surface area contributed by atoms with E-state index in [1.165, 1.54) is 0 Å². The minimum Gasteiger partial charge on any atom is -0.380 e. The normalized spacial score (nSPS) is 11.3. The predicted octanol–water partition coefficient (Wildman–Crippen LogP) is 3.73. The monoisotopic (exact) mass is 353 g/mol. The van der Waals surface area contributed by atoms with Crippen LogP contribution in [0.15, 0.2) is 34.9 Å². The van der Waals surface area contributed by atoms with E-state index >= 15 is 0 Å². The maximum absolute atomic E-state index is 12.8. The summed E-state index contributed by atoms with van der Waals surface area (Å²) in [4.78, 5) is 17.3. The summed E-state index contributed by atoms with van der Waals surface area (Å²) >= 11 is 0. The number of benzene rings is 1. The molecular formula is C20H23N3O3. The summed E-state index contributed by atoms with van der Waals surface area (Å²) in [6.07, 6.45) is 0. The molecule has 0 bridgehead atoms. The van der Waals surface area contributed by atoms with Crippen molar-refractivity contribution in [3.05, 3.63) is 58.4 Å². The topological polar surface area (TPSA) is 77.2 Å². The molecule has 0 aliphatic heterocycles. The molecule has 6 heteroatoms. The molecule has 6 nitrogen and oxygen atoms in total. The van der Waals surface area contributed by atoms with Crippen LogP contribution in [0.4, 0.5) is 0 Å². The lowest BCUT2D eigenvalue weighted by molar-refractivity contribution is 0.0952. The number of fused-ring (bicyclic) bond motifs is 1. The van der Waals surface area contributed by atoms with Crippen molar-refractivity contribution in [2.24, 2.45) is 0 Å². The lowest BCUT2D eigenvalue weighted by Crippen LogP contribution is -2.23. The third kappa shape index (κ3) is 3.75. The number of aryl methyl sites for hydroxylation is 1. The average molecular weight is 353 g/mol. The van der Waals surface area contributed by atoms with Crippen LogP contribution in [-0.4, -0.2) is 23.2 Å². The van der Waals surface area contributed by atoms with Gasteiger partial charge in [0.05, 0.1) is 23.3 Å². The fourth-order valence-electron chi connectivity index (χ4n) is 2.86. The smallest absolute Gasteiger partial charge is 0.259 e. The predicted molar refractivity (Wildman–Crippen MR) is 99.0 cm³/mol. The van der Waals surface area contributed by atoms with Crippen molar-refractivity contribution in [1.82, 2.24) is 15.5 Å². The van der Waals surface area contributed by atoms with Crippen LogP contribution in [0.25, 0.3) is 11.1 Å². The second-order valence-electron chi connectivity index (χ2n) is 6.63. The number of hydrogen-bond acceptors (Lipinski definition) is 5. The van der Waals surface area contributed by atoms with Crippen LogP contribution in [0.3, 0.4) is 0 Å². The molecule has 1 N–H and O–H groups in total. The number of amides is 1. The highest BCUT2D eigenvalue weighted by Gasteiger charge is 2.19. The van der Waals surface area contributed by atoms with Gasteiger partial charge in [0.15, 0.2) is 0 Å². The Morgan fingerprint density at radius 1 is 1.27 bits per heavy atom. The van der Waals surface area contributed by atoms with Crippen molar-refractivity contribution >= 4 is 17.0 Å². The molecule has 3 rings (SSSR count). The number of carbonyl (C=O) groups excluding carboxylic acids is 1. The summed E-state index contributed by atoms with van der Waals surface area (Å²) in [6, 6.07) is 9.79. The first-order valence-electron chi connectivity index (χ1n) is 8.61. The number of aromatic nitrogens is 2. The van der Waals surface area contributed by atoms with Gasteiger partial charge in [-0.1, -0.05) is 43.3 Å². The molecule has 0 atom stereocenters. The highest BCUT2D eigenvalue weighted by molar-refractivity contribution is 6.06. The Morgan fingerprint density at radius 2 is 2.04 bits per heavy atom. The number of nitrogens with zero attached hydrogens (tertiary/aromatic N) is 2. The highest BCUT2D eigenvalue weighted by Crippen LogP contribution is 2.25. The Morgan fingerprint density at radius 3 is 2.77 bits per heavy atom. The summed E-state index contributed by atoms with van der Waals surface area (Å²) in [7, 11) is 1.66. The van der Waals surface area contributed by atoms with Crippen molar-refractivity contribution < 1.29 is 14.1 Å². The van der Waals surface area contributed by atoms with E-state index in [1.54, 1.807) is 7.11 Å². The molecule has 2 aromatic heterocycles. The zero-order chi connectivity index (χ0) is 18.7. The molecule has 0 spiro atoms. The number of ether oxygens (including phenoxy) is 1. The van der Waals surface area contributed by atoms with Crippen LogP contribution >= 0.6 is 0 Å². The quantitative estimate of drug-likeness (QED) is 0.730. The molecule has 26 heavy (non-hydrogen) atoms. The number of pyridine rings is 1. The lowest BCUT2D eigenvalue weighted by Gasteiger charge is -2.10. The number of carbonyl (C=O) groups is 1. The van der Waals surface area contributed by atoms with Gasteiger partial charge >= 0.3 is 0 Å². The summed E-state index contributed by atoms with van der Waals surface area (Å²) in [6.45, 7) is 6.85. The second-order valence-corrected chi connectivity index (χ2v) is 6.63. The van der Waals surface area contributed by atoms with Crippen LogP contribution in [0.5, 0.6) is 0 Å². The molecule has 0 aliphatic carbocycles. The van der Waals surface area contributed by atoms with Crippen LogP contribution in [-0.2, 0) is 17.9 Å². The van der Waals surface area contributed by atoms with E-state index in [0.717, 1.165) is 16.8 Å². The third-order valence-corrected chi connectivity index (χ3v) is 4.23. The molecule has 0 saturated heterocycles. The minimum atomic E-state index is -0.164. The zero-order valence-electron chi connectivity index (χ0n) is 15.5. The molecule has 1 amide bonds. The van der Waals surface area contributed by atoms with Crippen LogP contribution in [0.2, 0.25) is 0 Å². The van der Waals surface area contributed by atoms with E-state index in [-0.39, 0.29) is 11.8 Å². The Bertz CT molecular complexity index is 931. The first-order valence-corrected chi connectivity index (χ1v) is 8.61. The molecule has 136 valence electrons. The van der Waals surface area contributed by atoms with Crippen molar-refractivity contribution in [3.63, 3.8) is 0 Å². The van der Waals surface area contributed by atoms with Gasteiger partial charge in [-0.15, -0.1) is 0 Å². The molecule has 2 heterocycles. The van der Waals surface area contributed by atoms with Crippen LogP contribution in [0, 0.1) is 6.92 Å². The van der Waals surface area contributed by atoms with Crippen molar-refractivity contribution in [1.29, 1.82) is 0 Å². The van der Waals surface area contributed by atoms with Gasteiger partial charge in [0.25, 0.3) is 11.6 Å². The molecule has 0 radical (unpaired) electrons. The standard InChI is InChI=1S/C20H23N3O3/c1-12(2)17-9-16(18-13(3)23-26-20(18)22-17)19(24)21-10-14-6-5-7-15(8-14)11-25-4/h5-9,12H,10-11H2,1-4H3,(H,21,24). The number of nitrogens with one attached hydrogen (secondary N) is 1. The fourth-order valence-corrected chi connectivity index (χ4v) is 2.86. The van der Waals surface area contributed by atoms with Crippen molar-refractivity contribution in [2.75, 3.05) is 7.11 Å². The third-order valence-electron chi connectivity index (χ3n) is 4.23. The second kappa shape index (κ2) is 7.66. The van der Waals surface area contributed by atoms with Gasteiger partial charge < -0.3 is 14.6 Å². The summed E-state index contributed by atoms with van der Waals surface area (Å²) < 4.78 is 10.4. The Labute approximate surface area is 152 Å². The van der Waals surface area contributed by atoms with E-state index in [0.29, 0.717) is 35.5 Å². The van der Waals surface area contributed by atoms with Gasteiger partial charge in [0, 0.05) is 19.3 Å². The largest absolute Gasteiger partial charge is 0.380 e. The molecule has 0 aliphatic rings. The zero-order valence-corrected chi connectivity index (χ0v) is 15.5. The maximum atomic E-state index is 12.8. The molecule has 0 fully saturated rings. The molecule has 0 saturated carbocycles. The van der Waals surface area contributed by atoms with E-state index in [4.69, 9.17) is 9.26 Å². The van der Waals surface area contributed by atoms with Gasteiger partial charge in [-0.25, -0.2) is 4.98 Å². The maximum Gasteiger partial charge on any atom is 0.259 e. The van der Waals surface area contributed by atoms with Crippen LogP contribution in [0.1, 0.15) is 52.6 Å². The van der Waals surface area contributed by atoms with Gasteiger partial charge in [-0.3, -0.25) is 4.79 Å². The molecule has 3 aromatic rings. The highest BCUT2D eigenvalue weighted by atomic mass is 16.5. The molecule has 1 aromatic carbocycles. The molecule has 0 unspecified atom stereocenters. The SMILES string of the molecule is COCc1cccc(CNC(=O)c2cc(C(C)C)nc3onc(C)c23)c1. The van der Waals surface area contributed by atoms with E-state index in [2.05, 4.69) is 15.5 Å². The Balaban J connectivity index is 1.85. The molecular weight excluding hydrogens is 330 g/mol. The average Bonchev–Trinajstić information content (AvgIpc) is 3.00. The van der Waals surface area contributed by atoms with Gasteiger partial charge in [-0.2, -0.15) is 0 Å². The summed E-state index contributed by atoms with van der Waals surface area (Å²) in [5, 5.41) is 7.61. The van der Waals surface area contributed by atoms with Crippen molar-refractivity contribution in [2.45, 2.75) is 39.8 Å². The summed E-state index contributed by atoms with van der Waals surface area (Å²) in [5.41, 5.74) is 4.51. The lowest BCUT2D eigenvalue weighted by atomic mass is 10.0. The number of methoxy groups -OCH3 is 1. The Kier molecular flexibility index (Phi) is 5.32. The van der Waals surface area contributed by atoms with Gasteiger partial charge in [0.1, 0.15) is 0 Å². The number of hydrogen-bond donors (Lipinski definition) is 1. The van der Waals surface area contributed by atoms with Gasteiger partial charge in [0.2, 0.25) is 0 Å². The van der Waals surface area contributed by atoms with Gasteiger partial charge in [-0.05, 0) is 30.0 Å².